The highest BCUT2D eigenvalue weighted by atomic mass is 32.1. The molecule has 21 heavy (non-hydrogen) atoms. The van der Waals surface area contributed by atoms with Crippen LogP contribution < -0.4 is 5.32 Å². The molecule has 0 saturated carbocycles. The molecule has 0 fully saturated rings. The van der Waals surface area contributed by atoms with Crippen LogP contribution in [0, 0.1) is 17.0 Å². The normalized spacial score (nSPS) is 13.9. The summed E-state index contributed by atoms with van der Waals surface area (Å²) in [5, 5.41) is 15.4. The number of nitro groups is 1. The molecule has 0 saturated heterocycles. The van der Waals surface area contributed by atoms with E-state index < -0.39 is 0 Å². The van der Waals surface area contributed by atoms with E-state index in [1.165, 1.54) is 10.9 Å². The molecule has 0 aliphatic rings. The minimum absolute atomic E-state index is 0.0732. The molecule has 0 radical (unpaired) electrons. The average molecular weight is 305 g/mol. The van der Waals surface area contributed by atoms with E-state index in [0.717, 1.165) is 17.0 Å². The highest BCUT2D eigenvalue weighted by molar-refractivity contribution is 7.11. The Bertz CT molecular complexity index is 627. The SMILES string of the molecule is CCC(NC(C)c1ncc(C)s1)c1cccc([N+](=O)[O-])c1. The largest absolute Gasteiger partial charge is 0.301 e. The molecule has 2 unspecified atom stereocenters. The van der Waals surface area contributed by atoms with E-state index in [-0.39, 0.29) is 22.7 Å². The number of hydrogen-bond donors (Lipinski definition) is 1. The Morgan fingerprint density at radius 1 is 1.48 bits per heavy atom. The summed E-state index contributed by atoms with van der Waals surface area (Å²) in [5.41, 5.74) is 1.07. The van der Waals surface area contributed by atoms with Crippen molar-refractivity contribution in [2.24, 2.45) is 0 Å². The van der Waals surface area contributed by atoms with Gasteiger partial charge in [0.1, 0.15) is 5.01 Å². The Labute approximate surface area is 128 Å². The van der Waals surface area contributed by atoms with Gasteiger partial charge in [-0.05, 0) is 25.8 Å². The van der Waals surface area contributed by atoms with Gasteiger partial charge in [0.25, 0.3) is 5.69 Å². The molecule has 0 amide bonds. The van der Waals surface area contributed by atoms with Gasteiger partial charge >= 0.3 is 0 Å². The number of nitro benzene ring substituents is 1. The van der Waals surface area contributed by atoms with Gasteiger partial charge in [-0.1, -0.05) is 19.1 Å². The lowest BCUT2D eigenvalue weighted by Gasteiger charge is -2.21. The van der Waals surface area contributed by atoms with Crippen LogP contribution in [0.25, 0.3) is 0 Å². The first-order valence-electron chi connectivity index (χ1n) is 6.94. The number of nitrogens with zero attached hydrogens (tertiary/aromatic N) is 2. The summed E-state index contributed by atoms with van der Waals surface area (Å²) in [4.78, 5) is 16.1. The quantitative estimate of drug-likeness (QED) is 0.642. The van der Waals surface area contributed by atoms with Crippen molar-refractivity contribution in [3.63, 3.8) is 0 Å². The van der Waals surface area contributed by atoms with Gasteiger partial charge in [0.2, 0.25) is 0 Å². The molecule has 2 atom stereocenters. The third-order valence-electron chi connectivity index (χ3n) is 3.35. The second-order valence-electron chi connectivity index (χ2n) is 5.01. The number of aromatic nitrogens is 1. The van der Waals surface area contributed by atoms with Crippen molar-refractivity contribution in [1.82, 2.24) is 10.3 Å². The lowest BCUT2D eigenvalue weighted by molar-refractivity contribution is -0.384. The Morgan fingerprint density at radius 3 is 2.81 bits per heavy atom. The monoisotopic (exact) mass is 305 g/mol. The van der Waals surface area contributed by atoms with Crippen molar-refractivity contribution < 1.29 is 4.92 Å². The molecule has 5 nitrogen and oxygen atoms in total. The zero-order valence-corrected chi connectivity index (χ0v) is 13.2. The van der Waals surface area contributed by atoms with E-state index in [0.29, 0.717) is 0 Å². The van der Waals surface area contributed by atoms with Gasteiger partial charge in [0.05, 0.1) is 11.0 Å². The van der Waals surface area contributed by atoms with Crippen LogP contribution >= 0.6 is 11.3 Å². The predicted octanol–water partition coefficient (Wildman–Crippen LogP) is 4.16. The molecule has 1 N–H and O–H groups in total. The minimum Gasteiger partial charge on any atom is -0.301 e. The fourth-order valence-corrected chi connectivity index (χ4v) is 3.04. The number of aryl methyl sites for hydroxylation is 1. The molecule has 1 aromatic heterocycles. The van der Waals surface area contributed by atoms with Gasteiger partial charge in [-0.3, -0.25) is 10.1 Å². The number of thiazole rings is 1. The van der Waals surface area contributed by atoms with Gasteiger partial charge in [-0.15, -0.1) is 11.3 Å². The second-order valence-corrected chi connectivity index (χ2v) is 6.28. The van der Waals surface area contributed by atoms with Gasteiger partial charge in [-0.25, -0.2) is 4.98 Å². The maximum atomic E-state index is 10.9. The topological polar surface area (TPSA) is 68.1 Å². The Hall–Kier alpha value is -1.79. The molecular weight excluding hydrogens is 286 g/mol. The van der Waals surface area contributed by atoms with E-state index in [1.54, 1.807) is 23.5 Å². The van der Waals surface area contributed by atoms with Crippen molar-refractivity contribution in [3.8, 4) is 0 Å². The summed E-state index contributed by atoms with van der Waals surface area (Å²) < 4.78 is 0. The lowest BCUT2D eigenvalue weighted by Crippen LogP contribution is -2.24. The first-order chi connectivity index (χ1) is 10.0. The maximum Gasteiger partial charge on any atom is 0.269 e. The summed E-state index contributed by atoms with van der Waals surface area (Å²) in [6.45, 7) is 6.17. The summed E-state index contributed by atoms with van der Waals surface area (Å²) in [7, 11) is 0. The summed E-state index contributed by atoms with van der Waals surface area (Å²) >= 11 is 1.67. The second kappa shape index (κ2) is 6.78. The van der Waals surface area contributed by atoms with Gasteiger partial charge in [0, 0.05) is 29.2 Å². The molecule has 1 aromatic carbocycles. The van der Waals surface area contributed by atoms with E-state index in [1.807, 2.05) is 19.2 Å². The number of rotatable bonds is 6. The lowest BCUT2D eigenvalue weighted by atomic mass is 10.0. The molecule has 0 aliphatic carbocycles. The molecule has 1 heterocycles. The van der Waals surface area contributed by atoms with Crippen molar-refractivity contribution in [3.05, 3.63) is 56.0 Å². The minimum atomic E-state index is -0.357. The molecule has 2 rings (SSSR count). The van der Waals surface area contributed by atoms with E-state index in [2.05, 4.69) is 24.1 Å². The Morgan fingerprint density at radius 2 is 2.24 bits per heavy atom. The van der Waals surface area contributed by atoms with Crippen LogP contribution in [0.1, 0.15) is 47.8 Å². The maximum absolute atomic E-state index is 10.9. The Balaban J connectivity index is 2.16. The summed E-state index contributed by atoms with van der Waals surface area (Å²) in [6.07, 6.45) is 2.72. The van der Waals surface area contributed by atoms with E-state index in [4.69, 9.17) is 0 Å². The third kappa shape index (κ3) is 3.86. The van der Waals surface area contributed by atoms with E-state index in [9.17, 15) is 10.1 Å². The smallest absolute Gasteiger partial charge is 0.269 e. The van der Waals surface area contributed by atoms with Crippen LogP contribution in [-0.4, -0.2) is 9.91 Å². The molecular formula is C15H19N3O2S. The number of benzene rings is 1. The first-order valence-corrected chi connectivity index (χ1v) is 7.75. The van der Waals surface area contributed by atoms with Crippen molar-refractivity contribution >= 4 is 17.0 Å². The van der Waals surface area contributed by atoms with Crippen molar-refractivity contribution in [2.75, 3.05) is 0 Å². The molecule has 6 heteroatoms. The standard InChI is InChI=1S/C15H19N3O2S/c1-4-14(12-6-5-7-13(8-12)18(19)20)17-11(3)15-16-9-10(2)21-15/h5-9,11,14,17H,4H2,1-3H3. The fraction of sp³-hybridized carbons (Fsp3) is 0.400. The third-order valence-corrected chi connectivity index (χ3v) is 4.45. The Kier molecular flexibility index (Phi) is 5.03. The van der Waals surface area contributed by atoms with E-state index >= 15 is 0 Å². The zero-order valence-electron chi connectivity index (χ0n) is 12.4. The van der Waals surface area contributed by atoms with Crippen LogP contribution in [0.4, 0.5) is 5.69 Å². The fourth-order valence-electron chi connectivity index (χ4n) is 2.25. The first kappa shape index (κ1) is 15.6. The highest BCUT2D eigenvalue weighted by Gasteiger charge is 2.17. The van der Waals surface area contributed by atoms with Crippen molar-refractivity contribution in [1.29, 1.82) is 0 Å². The van der Waals surface area contributed by atoms with Gasteiger partial charge in [0.15, 0.2) is 0 Å². The number of hydrogen-bond acceptors (Lipinski definition) is 5. The molecule has 112 valence electrons. The van der Waals surface area contributed by atoms with Crippen LogP contribution in [0.3, 0.4) is 0 Å². The summed E-state index contributed by atoms with van der Waals surface area (Å²) in [5.74, 6) is 0. The van der Waals surface area contributed by atoms with Crippen LogP contribution in [0.2, 0.25) is 0 Å². The van der Waals surface area contributed by atoms with Crippen LogP contribution in [-0.2, 0) is 0 Å². The highest BCUT2D eigenvalue weighted by Crippen LogP contribution is 2.26. The predicted molar refractivity (Wildman–Crippen MR) is 84.5 cm³/mol. The number of non-ortho nitro benzene ring substituents is 1. The van der Waals surface area contributed by atoms with Crippen LogP contribution in [0.5, 0.6) is 0 Å². The molecule has 2 aromatic rings. The molecule has 0 aliphatic heterocycles. The number of nitrogens with one attached hydrogen (secondary N) is 1. The van der Waals surface area contributed by atoms with Gasteiger partial charge < -0.3 is 5.32 Å². The van der Waals surface area contributed by atoms with Crippen LogP contribution in [0.15, 0.2) is 30.5 Å². The van der Waals surface area contributed by atoms with Crippen molar-refractivity contribution in [2.45, 2.75) is 39.3 Å². The van der Waals surface area contributed by atoms with Gasteiger partial charge in [-0.2, -0.15) is 0 Å². The zero-order chi connectivity index (χ0) is 15.4. The molecule has 0 bridgehead atoms. The molecule has 0 spiro atoms. The average Bonchev–Trinajstić information content (AvgIpc) is 2.91. The summed E-state index contributed by atoms with van der Waals surface area (Å²) in [6, 6.07) is 7.01.